The predicted molar refractivity (Wildman–Crippen MR) is 51.7 cm³/mol. The van der Waals surface area contributed by atoms with Gasteiger partial charge in [-0.25, -0.2) is 5.26 Å². The summed E-state index contributed by atoms with van der Waals surface area (Å²) in [6.07, 6.45) is 5.54. The summed E-state index contributed by atoms with van der Waals surface area (Å²) in [5.41, 5.74) is -0.711. The summed E-state index contributed by atoms with van der Waals surface area (Å²) in [7, 11) is 5.35. The minimum Gasteiger partial charge on any atom is -0.550 e. The second-order valence-electron chi connectivity index (χ2n) is 4.24. The van der Waals surface area contributed by atoms with Crippen LogP contribution in [0.1, 0.15) is 12.8 Å². The molecule has 1 unspecified atom stereocenters. The number of hydrogen-bond acceptors (Lipinski definition) is 2. The Balaban J connectivity index is 2.57. The van der Waals surface area contributed by atoms with E-state index in [1.165, 1.54) is 7.41 Å². The molecule has 0 fully saturated rings. The molecule has 0 aromatic heterocycles. The van der Waals surface area contributed by atoms with Crippen molar-refractivity contribution in [1.82, 2.24) is 0 Å². The molecule has 1 aliphatic carbocycles. The van der Waals surface area contributed by atoms with Crippen LogP contribution in [0.4, 0.5) is 0 Å². The molecule has 2 radical (unpaired) electrons. The third kappa shape index (κ3) is 2.87. The van der Waals surface area contributed by atoms with Crippen LogP contribution in [-0.2, 0) is 0 Å². The van der Waals surface area contributed by atoms with E-state index in [4.69, 9.17) is 5.26 Å². The number of quaternary nitrogens is 1. The first-order valence-electron chi connectivity index (χ1n) is 4.44. The van der Waals surface area contributed by atoms with Crippen molar-refractivity contribution in [3.8, 4) is 5.97 Å². The van der Waals surface area contributed by atoms with E-state index in [2.05, 4.69) is 0 Å². The molecule has 70 valence electrons. The van der Waals surface area contributed by atoms with Crippen LogP contribution in [0.5, 0.6) is 0 Å². The highest BCUT2D eigenvalue weighted by Crippen LogP contribution is 2.24. The van der Waals surface area contributed by atoms with E-state index in [1.54, 1.807) is 0 Å². The lowest BCUT2D eigenvalue weighted by atomic mass is 9.88. The van der Waals surface area contributed by atoms with E-state index in [1.807, 2.05) is 32.2 Å². The largest absolute Gasteiger partial charge is 0.550 e. The molecule has 1 rings (SSSR count). The van der Waals surface area contributed by atoms with Crippen molar-refractivity contribution in [2.45, 2.75) is 18.4 Å². The van der Waals surface area contributed by atoms with Crippen LogP contribution in [0.3, 0.4) is 0 Å². The Kier molecular flexibility index (Phi) is 2.79. The van der Waals surface area contributed by atoms with Gasteiger partial charge in [-0.05, 0) is 12.8 Å². The fourth-order valence-electron chi connectivity index (χ4n) is 1.76. The quantitative estimate of drug-likeness (QED) is 0.497. The van der Waals surface area contributed by atoms with Crippen molar-refractivity contribution < 1.29 is 9.50 Å². The second-order valence-corrected chi connectivity index (χ2v) is 4.24. The molecule has 4 heteroatoms. The molecule has 0 aromatic carbocycles. The van der Waals surface area contributed by atoms with Gasteiger partial charge < -0.3 is 9.50 Å². The van der Waals surface area contributed by atoms with Crippen molar-refractivity contribution >= 4 is 7.41 Å². The number of rotatable bonds is 3. The SMILES string of the molecule is C[N+](C)([B-]C#N)CC1(O)C=CCC1. The maximum Gasteiger partial charge on any atom is 0.128 e. The number of nitriles is 1. The highest BCUT2D eigenvalue weighted by Gasteiger charge is 2.30. The number of hydrogen-bond donors (Lipinski definition) is 1. The number of nitrogens with zero attached hydrogens (tertiary/aromatic N) is 2. The Labute approximate surface area is 80.1 Å². The number of likely N-dealkylation sites (N-methyl/N-ethyl adjacent to an activating group) is 1. The topological polar surface area (TPSA) is 44.0 Å². The molecule has 0 aromatic rings. The molecule has 0 aliphatic heterocycles. The minimum absolute atomic E-state index is 0.428. The van der Waals surface area contributed by atoms with Gasteiger partial charge >= 0.3 is 0 Å². The second kappa shape index (κ2) is 3.53. The van der Waals surface area contributed by atoms with E-state index in [9.17, 15) is 5.11 Å². The first-order chi connectivity index (χ1) is 5.97. The van der Waals surface area contributed by atoms with Crippen LogP contribution >= 0.6 is 0 Å². The van der Waals surface area contributed by atoms with Crippen LogP contribution in [0, 0.1) is 11.2 Å². The van der Waals surface area contributed by atoms with Gasteiger partial charge in [-0.1, -0.05) is 12.2 Å². The van der Waals surface area contributed by atoms with Crippen molar-refractivity contribution in [1.29, 1.82) is 5.26 Å². The van der Waals surface area contributed by atoms with E-state index in [0.717, 1.165) is 12.8 Å². The van der Waals surface area contributed by atoms with Crippen LogP contribution in [0.2, 0.25) is 0 Å². The molecule has 0 bridgehead atoms. The third-order valence-electron chi connectivity index (χ3n) is 2.26. The standard InChI is InChI=1S/C9H15BN2O/c1-12(2,10-8-11)7-9(13)5-3-4-6-9/h3,5,13H,4,6-7H2,1-2H3. The first-order valence-corrected chi connectivity index (χ1v) is 4.44. The molecule has 1 atom stereocenters. The average Bonchev–Trinajstić information content (AvgIpc) is 2.33. The summed E-state index contributed by atoms with van der Waals surface area (Å²) >= 11 is 0. The molecule has 0 spiro atoms. The van der Waals surface area contributed by atoms with Crippen LogP contribution < -0.4 is 0 Å². The fourth-order valence-corrected chi connectivity index (χ4v) is 1.76. The Morgan fingerprint density at radius 3 is 2.85 bits per heavy atom. The summed E-state index contributed by atoms with van der Waals surface area (Å²) in [5.74, 6) is 2.01. The highest BCUT2D eigenvalue weighted by atomic mass is 16.3. The van der Waals surface area contributed by atoms with Crippen LogP contribution in [0.15, 0.2) is 12.2 Å². The van der Waals surface area contributed by atoms with Gasteiger partial charge in [-0.3, -0.25) is 0 Å². The molecule has 13 heavy (non-hydrogen) atoms. The summed E-state index contributed by atoms with van der Waals surface area (Å²) in [6, 6.07) is 0. The van der Waals surface area contributed by atoms with Crippen molar-refractivity contribution in [3.63, 3.8) is 0 Å². The third-order valence-corrected chi connectivity index (χ3v) is 2.26. The van der Waals surface area contributed by atoms with Gasteiger partial charge in [-0.15, -0.1) is 5.97 Å². The molecule has 0 heterocycles. The van der Waals surface area contributed by atoms with E-state index in [0.29, 0.717) is 10.9 Å². The van der Waals surface area contributed by atoms with Crippen LogP contribution in [-0.4, -0.2) is 43.2 Å². The number of allylic oxidation sites excluding steroid dienone is 1. The molecule has 1 aliphatic rings. The smallest absolute Gasteiger partial charge is 0.128 e. The molecular formula is C9H15BN2O. The molecular weight excluding hydrogens is 163 g/mol. The maximum absolute atomic E-state index is 10.0. The Hall–Kier alpha value is -0.785. The van der Waals surface area contributed by atoms with Gasteiger partial charge in [-0.2, -0.15) is 0 Å². The zero-order valence-corrected chi connectivity index (χ0v) is 8.20. The lowest BCUT2D eigenvalue weighted by molar-refractivity contribution is -0.784. The summed E-state index contributed by atoms with van der Waals surface area (Å²) in [4.78, 5) is 0. The van der Waals surface area contributed by atoms with Gasteiger partial charge in [0.25, 0.3) is 0 Å². The van der Waals surface area contributed by atoms with E-state index in [-0.39, 0.29) is 0 Å². The van der Waals surface area contributed by atoms with Crippen LogP contribution in [0.25, 0.3) is 0 Å². The highest BCUT2D eigenvalue weighted by molar-refractivity contribution is 6.36. The van der Waals surface area contributed by atoms with Gasteiger partial charge in [0.2, 0.25) is 0 Å². The first kappa shape index (κ1) is 10.3. The average molecular weight is 178 g/mol. The zero-order valence-electron chi connectivity index (χ0n) is 8.20. The van der Waals surface area contributed by atoms with Gasteiger partial charge in [0.15, 0.2) is 0 Å². The molecule has 0 saturated carbocycles. The predicted octanol–water partition coefficient (Wildman–Crippen LogP) is 0.244. The maximum atomic E-state index is 10.0. The summed E-state index contributed by atoms with van der Waals surface area (Å²) < 4.78 is 0.428. The Bertz CT molecular complexity index is 257. The van der Waals surface area contributed by atoms with Gasteiger partial charge in [0.05, 0.1) is 6.54 Å². The van der Waals surface area contributed by atoms with Gasteiger partial charge in [0.1, 0.15) is 13.0 Å². The molecule has 0 saturated heterocycles. The van der Waals surface area contributed by atoms with E-state index < -0.39 is 5.60 Å². The molecule has 0 amide bonds. The fraction of sp³-hybridized carbons (Fsp3) is 0.667. The summed E-state index contributed by atoms with van der Waals surface area (Å²) in [5, 5.41) is 18.6. The number of aliphatic hydroxyl groups is 1. The minimum atomic E-state index is -0.711. The summed E-state index contributed by atoms with van der Waals surface area (Å²) in [6.45, 7) is 0.567. The molecule has 1 N–H and O–H groups in total. The lowest BCUT2D eigenvalue weighted by Gasteiger charge is -2.44. The van der Waals surface area contributed by atoms with Crippen molar-refractivity contribution in [2.24, 2.45) is 0 Å². The monoisotopic (exact) mass is 178 g/mol. The van der Waals surface area contributed by atoms with Crippen molar-refractivity contribution in [2.75, 3.05) is 20.6 Å². The lowest BCUT2D eigenvalue weighted by Crippen LogP contribution is -2.52. The normalized spacial score (nSPS) is 27.5. The Morgan fingerprint density at radius 1 is 1.69 bits per heavy atom. The van der Waals surface area contributed by atoms with Crippen molar-refractivity contribution in [3.05, 3.63) is 12.2 Å². The van der Waals surface area contributed by atoms with E-state index >= 15 is 0 Å². The molecule has 3 nitrogen and oxygen atoms in total. The zero-order chi connectivity index (χ0) is 9.95. The van der Waals surface area contributed by atoms with Gasteiger partial charge in [0, 0.05) is 14.1 Å². The Morgan fingerprint density at radius 2 is 2.38 bits per heavy atom.